The first kappa shape index (κ1) is 17.0. The molecule has 0 amide bonds. The number of esters is 1. The van der Waals surface area contributed by atoms with Crippen LogP contribution in [0.5, 0.6) is 0 Å². The van der Waals surface area contributed by atoms with Gasteiger partial charge in [0, 0.05) is 19.6 Å². The summed E-state index contributed by atoms with van der Waals surface area (Å²) in [6, 6.07) is 10.4. The van der Waals surface area contributed by atoms with Crippen molar-refractivity contribution in [3.05, 3.63) is 35.9 Å². The fourth-order valence-corrected chi connectivity index (χ4v) is 1.85. The van der Waals surface area contributed by atoms with Crippen LogP contribution >= 0.6 is 0 Å². The highest BCUT2D eigenvalue weighted by Crippen LogP contribution is 2.02. The van der Waals surface area contributed by atoms with Crippen LogP contribution in [0.15, 0.2) is 35.3 Å². The molecule has 2 N–H and O–H groups in total. The largest absolute Gasteiger partial charge is 0.469 e. The molecule has 21 heavy (non-hydrogen) atoms. The van der Waals surface area contributed by atoms with Gasteiger partial charge in [-0.3, -0.25) is 9.79 Å². The van der Waals surface area contributed by atoms with Gasteiger partial charge in [-0.05, 0) is 25.3 Å². The van der Waals surface area contributed by atoms with Crippen molar-refractivity contribution in [3.8, 4) is 0 Å². The molecule has 0 unspecified atom stereocenters. The number of hydrogen-bond acceptors (Lipinski definition) is 3. The second-order valence-corrected chi connectivity index (χ2v) is 4.60. The molecular weight excluding hydrogens is 266 g/mol. The van der Waals surface area contributed by atoms with Crippen molar-refractivity contribution in [3.63, 3.8) is 0 Å². The number of hydrogen-bond donors (Lipinski definition) is 2. The maximum atomic E-state index is 11.0. The summed E-state index contributed by atoms with van der Waals surface area (Å²) in [5, 5.41) is 6.28. The van der Waals surface area contributed by atoms with Crippen molar-refractivity contribution in [1.29, 1.82) is 0 Å². The molecule has 5 nitrogen and oxygen atoms in total. The molecule has 116 valence electrons. The zero-order valence-electron chi connectivity index (χ0n) is 12.9. The van der Waals surface area contributed by atoms with Crippen LogP contribution in [-0.4, -0.2) is 38.7 Å². The number of aryl methyl sites for hydroxylation is 1. The van der Waals surface area contributed by atoms with Crippen molar-refractivity contribution in [2.75, 3.05) is 26.7 Å². The molecule has 0 fully saturated rings. The number of rotatable bonds is 8. The molecular formula is C16H25N3O2. The maximum Gasteiger partial charge on any atom is 0.307 e. The average Bonchev–Trinajstić information content (AvgIpc) is 2.52. The van der Waals surface area contributed by atoms with E-state index < -0.39 is 0 Å². The SMILES string of the molecule is CCNC(=NCCCc1ccccc1)NCCC(=O)OC. The first-order valence-electron chi connectivity index (χ1n) is 7.39. The average molecular weight is 291 g/mol. The minimum Gasteiger partial charge on any atom is -0.469 e. The first-order valence-corrected chi connectivity index (χ1v) is 7.39. The van der Waals surface area contributed by atoms with E-state index in [-0.39, 0.29) is 5.97 Å². The molecule has 0 atom stereocenters. The summed E-state index contributed by atoms with van der Waals surface area (Å²) in [5.74, 6) is 0.525. The second kappa shape index (κ2) is 10.7. The molecule has 0 aromatic heterocycles. The normalized spacial score (nSPS) is 11.0. The highest BCUT2D eigenvalue weighted by atomic mass is 16.5. The third kappa shape index (κ3) is 7.97. The molecule has 0 radical (unpaired) electrons. The van der Waals surface area contributed by atoms with Gasteiger partial charge in [0.2, 0.25) is 0 Å². The summed E-state index contributed by atoms with van der Waals surface area (Å²) in [7, 11) is 1.39. The molecule has 0 saturated heterocycles. The van der Waals surface area contributed by atoms with Gasteiger partial charge in [-0.1, -0.05) is 30.3 Å². The highest BCUT2D eigenvalue weighted by Gasteiger charge is 2.01. The summed E-state index contributed by atoms with van der Waals surface area (Å²) in [6.45, 7) is 4.09. The molecule has 0 bridgehead atoms. The Balaban J connectivity index is 2.28. The van der Waals surface area contributed by atoms with E-state index in [1.54, 1.807) is 0 Å². The van der Waals surface area contributed by atoms with Gasteiger partial charge in [-0.25, -0.2) is 0 Å². The number of carbonyl (C=O) groups is 1. The van der Waals surface area contributed by atoms with Crippen LogP contribution in [0.25, 0.3) is 0 Å². The Labute approximate surface area is 126 Å². The van der Waals surface area contributed by atoms with Crippen LogP contribution in [0.3, 0.4) is 0 Å². The van der Waals surface area contributed by atoms with Crippen molar-refractivity contribution < 1.29 is 9.53 Å². The predicted octanol–water partition coefficient (Wildman–Crippen LogP) is 1.74. The summed E-state index contributed by atoms with van der Waals surface area (Å²) in [4.78, 5) is 15.5. The molecule has 5 heteroatoms. The Morgan fingerprint density at radius 3 is 2.67 bits per heavy atom. The lowest BCUT2D eigenvalue weighted by Crippen LogP contribution is -2.38. The number of aliphatic imine (C=N–C) groups is 1. The van der Waals surface area contributed by atoms with E-state index in [2.05, 4.69) is 44.6 Å². The smallest absolute Gasteiger partial charge is 0.307 e. The van der Waals surface area contributed by atoms with Gasteiger partial charge in [0.1, 0.15) is 0 Å². The van der Waals surface area contributed by atoms with Crippen LogP contribution < -0.4 is 10.6 Å². The molecule has 0 heterocycles. The van der Waals surface area contributed by atoms with Crippen LogP contribution in [0.1, 0.15) is 25.3 Å². The fourth-order valence-electron chi connectivity index (χ4n) is 1.85. The number of nitrogens with one attached hydrogen (secondary N) is 2. The Morgan fingerprint density at radius 1 is 1.24 bits per heavy atom. The quantitative estimate of drug-likeness (QED) is 0.331. The lowest BCUT2D eigenvalue weighted by atomic mass is 10.1. The zero-order chi connectivity index (χ0) is 15.3. The molecule has 0 aliphatic rings. The molecule has 0 saturated carbocycles. The molecule has 0 aliphatic carbocycles. The number of carbonyl (C=O) groups excluding carboxylic acids is 1. The number of ether oxygens (including phenoxy) is 1. The number of benzene rings is 1. The lowest BCUT2D eigenvalue weighted by Gasteiger charge is -2.10. The Kier molecular flexibility index (Phi) is 8.68. The monoisotopic (exact) mass is 291 g/mol. The Hall–Kier alpha value is -2.04. The van der Waals surface area contributed by atoms with Crippen LogP contribution in [0, 0.1) is 0 Å². The third-order valence-corrected chi connectivity index (χ3v) is 2.93. The maximum absolute atomic E-state index is 11.0. The molecule has 1 aromatic rings. The van der Waals surface area contributed by atoms with Crippen molar-refractivity contribution in [1.82, 2.24) is 10.6 Å². The van der Waals surface area contributed by atoms with Gasteiger partial charge in [0.05, 0.1) is 13.5 Å². The molecule has 0 aliphatic heterocycles. The van der Waals surface area contributed by atoms with Crippen molar-refractivity contribution in [2.24, 2.45) is 4.99 Å². The summed E-state index contributed by atoms with van der Waals surface area (Å²) in [5.41, 5.74) is 1.33. The summed E-state index contributed by atoms with van der Waals surface area (Å²) < 4.78 is 4.60. The Morgan fingerprint density at radius 2 is 2.00 bits per heavy atom. The number of nitrogens with zero attached hydrogens (tertiary/aromatic N) is 1. The van der Waals surface area contributed by atoms with Crippen molar-refractivity contribution >= 4 is 11.9 Å². The number of guanidine groups is 1. The van der Waals surface area contributed by atoms with Gasteiger partial charge >= 0.3 is 5.97 Å². The van der Waals surface area contributed by atoms with Crippen LogP contribution in [0.2, 0.25) is 0 Å². The predicted molar refractivity (Wildman–Crippen MR) is 85.4 cm³/mol. The van der Waals surface area contributed by atoms with E-state index >= 15 is 0 Å². The van der Waals surface area contributed by atoms with E-state index in [1.807, 2.05) is 13.0 Å². The third-order valence-electron chi connectivity index (χ3n) is 2.93. The van der Waals surface area contributed by atoms with E-state index in [4.69, 9.17) is 0 Å². The second-order valence-electron chi connectivity index (χ2n) is 4.60. The van der Waals surface area contributed by atoms with Crippen LogP contribution in [0.4, 0.5) is 0 Å². The fraction of sp³-hybridized carbons (Fsp3) is 0.500. The minimum atomic E-state index is -0.220. The Bertz CT molecular complexity index is 432. The van der Waals surface area contributed by atoms with Crippen molar-refractivity contribution in [2.45, 2.75) is 26.2 Å². The van der Waals surface area contributed by atoms with E-state index in [0.717, 1.165) is 31.9 Å². The van der Waals surface area contributed by atoms with Gasteiger partial charge in [-0.15, -0.1) is 0 Å². The minimum absolute atomic E-state index is 0.220. The van der Waals surface area contributed by atoms with Gasteiger partial charge in [0.15, 0.2) is 5.96 Å². The highest BCUT2D eigenvalue weighted by molar-refractivity contribution is 5.80. The van der Waals surface area contributed by atoms with Gasteiger partial charge in [-0.2, -0.15) is 0 Å². The number of methoxy groups -OCH3 is 1. The molecule has 1 aromatic carbocycles. The molecule has 1 rings (SSSR count). The standard InChI is InChI=1S/C16H25N3O2/c1-3-17-16(19-13-11-15(20)21-2)18-12-7-10-14-8-5-4-6-9-14/h4-6,8-9H,3,7,10-13H2,1-2H3,(H2,17,18,19). The molecule has 0 spiro atoms. The lowest BCUT2D eigenvalue weighted by molar-refractivity contribution is -0.140. The first-order chi connectivity index (χ1) is 10.3. The van der Waals surface area contributed by atoms with E-state index in [9.17, 15) is 4.79 Å². The zero-order valence-corrected chi connectivity index (χ0v) is 12.9. The van der Waals surface area contributed by atoms with E-state index in [0.29, 0.717) is 13.0 Å². The summed E-state index contributed by atoms with van der Waals surface area (Å²) in [6.07, 6.45) is 2.36. The van der Waals surface area contributed by atoms with Gasteiger partial charge < -0.3 is 15.4 Å². The van der Waals surface area contributed by atoms with E-state index in [1.165, 1.54) is 12.7 Å². The van der Waals surface area contributed by atoms with Gasteiger partial charge in [0.25, 0.3) is 0 Å². The van der Waals surface area contributed by atoms with Crippen LogP contribution in [-0.2, 0) is 16.0 Å². The summed E-state index contributed by atoms with van der Waals surface area (Å²) >= 11 is 0. The topological polar surface area (TPSA) is 62.7 Å².